The summed E-state index contributed by atoms with van der Waals surface area (Å²) < 4.78 is 5.02. The second-order valence-electron chi connectivity index (χ2n) is 4.17. The van der Waals surface area contributed by atoms with Crippen molar-refractivity contribution in [2.45, 2.75) is 19.4 Å². The minimum Gasteiger partial charge on any atom is -0.478 e. The van der Waals surface area contributed by atoms with Gasteiger partial charge in [-0.3, -0.25) is 4.79 Å². The van der Waals surface area contributed by atoms with E-state index >= 15 is 0 Å². The van der Waals surface area contributed by atoms with Crippen molar-refractivity contribution < 1.29 is 19.4 Å². The fourth-order valence-corrected chi connectivity index (χ4v) is 1.40. The second-order valence-corrected chi connectivity index (χ2v) is 4.58. The highest BCUT2D eigenvalue weighted by Gasteiger charge is 2.27. The first kappa shape index (κ1) is 14.5. The maximum Gasteiger partial charge on any atom is 0.337 e. The molecule has 0 heterocycles. The summed E-state index contributed by atoms with van der Waals surface area (Å²) in [5.74, 6) is -1.46. The van der Waals surface area contributed by atoms with Crippen LogP contribution in [0.1, 0.15) is 24.2 Å². The maximum atomic E-state index is 11.8. The highest BCUT2D eigenvalue weighted by atomic mass is 35.5. The molecule has 0 aliphatic carbocycles. The van der Waals surface area contributed by atoms with Gasteiger partial charge in [-0.15, -0.1) is 0 Å². The van der Waals surface area contributed by atoms with Crippen LogP contribution in [0.15, 0.2) is 18.2 Å². The normalized spacial score (nSPS) is 11.1. The van der Waals surface area contributed by atoms with Gasteiger partial charge in [0.2, 0.25) is 0 Å². The van der Waals surface area contributed by atoms with Crippen LogP contribution in [0.4, 0.5) is 5.69 Å². The molecule has 0 radical (unpaired) electrons. The fraction of sp³-hybridized carbons (Fsp3) is 0.333. The Labute approximate surface area is 110 Å². The van der Waals surface area contributed by atoms with Crippen molar-refractivity contribution in [1.29, 1.82) is 0 Å². The minimum absolute atomic E-state index is 0.0133. The first-order valence-corrected chi connectivity index (χ1v) is 5.55. The van der Waals surface area contributed by atoms with E-state index in [2.05, 4.69) is 5.32 Å². The molecule has 1 aromatic rings. The number of carboxylic acids is 1. The zero-order valence-corrected chi connectivity index (χ0v) is 11.0. The molecule has 5 nitrogen and oxygen atoms in total. The van der Waals surface area contributed by atoms with E-state index in [1.54, 1.807) is 13.8 Å². The van der Waals surface area contributed by atoms with E-state index < -0.39 is 11.6 Å². The van der Waals surface area contributed by atoms with Crippen LogP contribution in [0.25, 0.3) is 0 Å². The summed E-state index contributed by atoms with van der Waals surface area (Å²) in [6.45, 7) is 3.24. The molecular formula is C12H14ClNO4. The van der Waals surface area contributed by atoms with E-state index in [9.17, 15) is 9.59 Å². The molecule has 0 saturated heterocycles. The average molecular weight is 272 g/mol. The van der Waals surface area contributed by atoms with E-state index in [0.717, 1.165) is 0 Å². The number of methoxy groups -OCH3 is 1. The van der Waals surface area contributed by atoms with Crippen molar-refractivity contribution in [2.24, 2.45) is 0 Å². The number of hydrogen-bond acceptors (Lipinski definition) is 3. The van der Waals surface area contributed by atoms with Crippen molar-refractivity contribution in [2.75, 3.05) is 12.4 Å². The number of carbonyl (C=O) groups is 2. The van der Waals surface area contributed by atoms with Crippen LogP contribution in [-0.4, -0.2) is 29.7 Å². The Balaban J connectivity index is 2.91. The molecule has 0 fully saturated rings. The summed E-state index contributed by atoms with van der Waals surface area (Å²) >= 11 is 5.79. The number of carbonyl (C=O) groups excluding carboxylic acids is 1. The molecule has 0 bridgehead atoms. The van der Waals surface area contributed by atoms with Gasteiger partial charge >= 0.3 is 5.97 Å². The van der Waals surface area contributed by atoms with Gasteiger partial charge in [-0.1, -0.05) is 11.6 Å². The summed E-state index contributed by atoms with van der Waals surface area (Å²) in [5, 5.41) is 11.5. The van der Waals surface area contributed by atoms with Gasteiger partial charge in [-0.25, -0.2) is 4.79 Å². The summed E-state index contributed by atoms with van der Waals surface area (Å²) in [4.78, 5) is 22.6. The van der Waals surface area contributed by atoms with Gasteiger partial charge in [0.05, 0.1) is 10.6 Å². The van der Waals surface area contributed by atoms with Crippen molar-refractivity contribution in [1.82, 2.24) is 0 Å². The molecule has 1 rings (SSSR count). The number of aromatic carboxylic acids is 1. The molecule has 0 aliphatic heterocycles. The van der Waals surface area contributed by atoms with Crippen LogP contribution in [-0.2, 0) is 9.53 Å². The number of rotatable bonds is 4. The number of carboxylic acid groups (broad SMARTS) is 1. The molecule has 0 unspecified atom stereocenters. The Morgan fingerprint density at radius 2 is 2.00 bits per heavy atom. The standard InChI is InChI=1S/C12H14ClNO4/c1-12(2,18-3)11(17)14-7-4-5-8(10(15)16)9(13)6-7/h4-6H,1-3H3,(H,14,17)(H,15,16). The highest BCUT2D eigenvalue weighted by molar-refractivity contribution is 6.33. The number of amides is 1. The van der Waals surface area contributed by atoms with E-state index in [-0.39, 0.29) is 16.5 Å². The Bertz CT molecular complexity index is 485. The first-order valence-electron chi connectivity index (χ1n) is 5.17. The lowest BCUT2D eigenvalue weighted by Crippen LogP contribution is -2.38. The van der Waals surface area contributed by atoms with Crippen LogP contribution in [0.3, 0.4) is 0 Å². The first-order chi connectivity index (χ1) is 8.27. The smallest absolute Gasteiger partial charge is 0.337 e. The van der Waals surface area contributed by atoms with E-state index in [4.69, 9.17) is 21.4 Å². The third-order valence-electron chi connectivity index (χ3n) is 2.51. The zero-order chi connectivity index (χ0) is 13.9. The van der Waals surface area contributed by atoms with Crippen LogP contribution in [0.2, 0.25) is 5.02 Å². The molecule has 0 saturated carbocycles. The van der Waals surface area contributed by atoms with E-state index in [1.807, 2.05) is 0 Å². The lowest BCUT2D eigenvalue weighted by Gasteiger charge is -2.21. The fourth-order valence-electron chi connectivity index (χ4n) is 1.14. The number of anilines is 1. The summed E-state index contributed by atoms with van der Waals surface area (Å²) in [6, 6.07) is 4.19. The summed E-state index contributed by atoms with van der Waals surface area (Å²) in [7, 11) is 1.43. The van der Waals surface area contributed by atoms with Crippen molar-refractivity contribution in [3.05, 3.63) is 28.8 Å². The van der Waals surface area contributed by atoms with E-state index in [1.165, 1.54) is 25.3 Å². The minimum atomic E-state index is -1.12. The van der Waals surface area contributed by atoms with Gasteiger partial charge in [-0.2, -0.15) is 0 Å². The number of hydrogen-bond donors (Lipinski definition) is 2. The SMILES string of the molecule is COC(C)(C)C(=O)Nc1ccc(C(=O)O)c(Cl)c1. The molecule has 1 amide bonds. The average Bonchev–Trinajstić information content (AvgIpc) is 2.28. The third kappa shape index (κ3) is 3.21. The number of benzene rings is 1. The Morgan fingerprint density at radius 3 is 2.44 bits per heavy atom. The molecule has 0 spiro atoms. The van der Waals surface area contributed by atoms with Crippen LogP contribution in [0, 0.1) is 0 Å². The number of nitrogens with one attached hydrogen (secondary N) is 1. The number of ether oxygens (including phenoxy) is 1. The molecule has 1 aromatic carbocycles. The highest BCUT2D eigenvalue weighted by Crippen LogP contribution is 2.22. The molecule has 0 aliphatic rings. The van der Waals surface area contributed by atoms with Gasteiger partial charge in [-0.05, 0) is 32.0 Å². The summed E-state index contributed by atoms with van der Waals surface area (Å²) in [5.41, 5.74) is -0.571. The Kier molecular flexibility index (Phi) is 4.32. The molecule has 18 heavy (non-hydrogen) atoms. The molecule has 0 aromatic heterocycles. The van der Waals surface area contributed by atoms with Crippen LogP contribution in [0.5, 0.6) is 0 Å². The van der Waals surface area contributed by atoms with Crippen LogP contribution >= 0.6 is 11.6 Å². The Hall–Kier alpha value is -1.59. The molecule has 6 heteroatoms. The third-order valence-corrected chi connectivity index (χ3v) is 2.83. The lowest BCUT2D eigenvalue weighted by atomic mass is 10.1. The quantitative estimate of drug-likeness (QED) is 0.882. The predicted octanol–water partition coefficient (Wildman–Crippen LogP) is 2.40. The molecule has 2 N–H and O–H groups in total. The molecule has 0 atom stereocenters. The lowest BCUT2D eigenvalue weighted by molar-refractivity contribution is -0.133. The van der Waals surface area contributed by atoms with Gasteiger partial charge < -0.3 is 15.2 Å². The maximum absolute atomic E-state index is 11.8. The molecule has 98 valence electrons. The molecular weight excluding hydrogens is 258 g/mol. The van der Waals surface area contributed by atoms with Gasteiger partial charge in [0.1, 0.15) is 5.60 Å². The van der Waals surface area contributed by atoms with Crippen molar-refractivity contribution >= 4 is 29.2 Å². The zero-order valence-electron chi connectivity index (χ0n) is 10.3. The van der Waals surface area contributed by atoms with Gasteiger partial charge in [0, 0.05) is 12.8 Å². The topological polar surface area (TPSA) is 75.6 Å². The van der Waals surface area contributed by atoms with Gasteiger partial charge in [0.25, 0.3) is 5.91 Å². The predicted molar refractivity (Wildman–Crippen MR) is 68.1 cm³/mol. The van der Waals surface area contributed by atoms with Crippen molar-refractivity contribution in [3.8, 4) is 0 Å². The van der Waals surface area contributed by atoms with E-state index in [0.29, 0.717) is 5.69 Å². The van der Waals surface area contributed by atoms with Crippen LogP contribution < -0.4 is 5.32 Å². The van der Waals surface area contributed by atoms with Gasteiger partial charge in [0.15, 0.2) is 0 Å². The summed E-state index contributed by atoms with van der Waals surface area (Å²) in [6.07, 6.45) is 0. The largest absolute Gasteiger partial charge is 0.478 e. The second kappa shape index (κ2) is 5.37. The number of halogens is 1. The monoisotopic (exact) mass is 271 g/mol. The van der Waals surface area contributed by atoms with Crippen molar-refractivity contribution in [3.63, 3.8) is 0 Å². The Morgan fingerprint density at radius 1 is 1.39 bits per heavy atom.